The number of ether oxygens (including phenoxy) is 2. The molecule has 1 aliphatic carbocycles. The summed E-state index contributed by atoms with van der Waals surface area (Å²) in [7, 11) is 0. The maximum atomic E-state index is 13.7. The lowest BCUT2D eigenvalue weighted by Crippen LogP contribution is -2.56. The Morgan fingerprint density at radius 1 is 0.875 bits per heavy atom. The number of hydrogen-bond acceptors (Lipinski definition) is 5. The molecule has 0 heterocycles. The first kappa shape index (κ1) is 28.8. The highest BCUT2D eigenvalue weighted by molar-refractivity contribution is 5.87. The summed E-state index contributed by atoms with van der Waals surface area (Å²) in [6.45, 7) is 5.69. The van der Waals surface area contributed by atoms with Gasteiger partial charge in [0.2, 0.25) is 5.91 Å². The van der Waals surface area contributed by atoms with Crippen LogP contribution in [0.1, 0.15) is 49.8 Å². The zero-order valence-electron chi connectivity index (χ0n) is 23.1. The van der Waals surface area contributed by atoms with Crippen molar-refractivity contribution in [2.45, 2.75) is 57.9 Å². The van der Waals surface area contributed by atoms with Crippen LogP contribution in [0.25, 0.3) is 11.1 Å². The standard InChI is InChI=1S/C32H36N2O6/c1-21(2)34(18-17-29(35)36)31(37)30(22(3)39-19-23-11-5-4-6-12-23)33-32(38)40-20-28-26-15-9-7-13-24(26)25-14-8-10-16-27(25)28/h4-16,21-22,28,30H,17-20H2,1-3H3,(H,33,38)(H,35,36). The molecule has 0 spiro atoms. The summed E-state index contributed by atoms with van der Waals surface area (Å²) >= 11 is 0. The third kappa shape index (κ3) is 6.87. The minimum Gasteiger partial charge on any atom is -0.481 e. The number of carbonyl (C=O) groups excluding carboxylic acids is 2. The van der Waals surface area contributed by atoms with Gasteiger partial charge in [-0.1, -0.05) is 78.9 Å². The number of alkyl carbamates (subject to hydrolysis) is 1. The monoisotopic (exact) mass is 544 g/mol. The first-order chi connectivity index (χ1) is 19.3. The van der Waals surface area contributed by atoms with Crippen molar-refractivity contribution in [1.82, 2.24) is 10.2 Å². The van der Waals surface area contributed by atoms with Crippen molar-refractivity contribution in [3.8, 4) is 11.1 Å². The highest BCUT2D eigenvalue weighted by atomic mass is 16.5. The van der Waals surface area contributed by atoms with Gasteiger partial charge in [-0.15, -0.1) is 0 Å². The van der Waals surface area contributed by atoms with Gasteiger partial charge in [0.25, 0.3) is 0 Å². The summed E-state index contributed by atoms with van der Waals surface area (Å²) in [5.41, 5.74) is 5.34. The van der Waals surface area contributed by atoms with Crippen LogP contribution < -0.4 is 5.32 Å². The second-order valence-corrected chi connectivity index (χ2v) is 10.2. The number of aliphatic carboxylic acids is 1. The Morgan fingerprint density at radius 2 is 1.45 bits per heavy atom. The molecule has 4 rings (SSSR count). The Kier molecular flexibility index (Phi) is 9.56. The number of benzene rings is 3. The van der Waals surface area contributed by atoms with Gasteiger partial charge < -0.3 is 24.8 Å². The van der Waals surface area contributed by atoms with Crippen LogP contribution in [0.3, 0.4) is 0 Å². The van der Waals surface area contributed by atoms with E-state index in [-0.39, 0.29) is 38.1 Å². The van der Waals surface area contributed by atoms with Gasteiger partial charge in [-0.05, 0) is 48.6 Å². The maximum Gasteiger partial charge on any atom is 0.407 e. The van der Waals surface area contributed by atoms with Crippen molar-refractivity contribution in [2.75, 3.05) is 13.2 Å². The smallest absolute Gasteiger partial charge is 0.407 e. The van der Waals surface area contributed by atoms with E-state index in [1.807, 2.05) is 66.7 Å². The highest BCUT2D eigenvalue weighted by Gasteiger charge is 2.34. The molecular weight excluding hydrogens is 508 g/mol. The third-order valence-electron chi connectivity index (χ3n) is 7.18. The molecule has 2 N–H and O–H groups in total. The van der Waals surface area contributed by atoms with Crippen LogP contribution in [0.15, 0.2) is 78.9 Å². The SMILES string of the molecule is CC(OCc1ccccc1)C(NC(=O)OCC1c2ccccc2-c2ccccc21)C(=O)N(CCC(=O)O)C(C)C. The van der Waals surface area contributed by atoms with Crippen LogP contribution in [-0.2, 0) is 25.7 Å². The largest absolute Gasteiger partial charge is 0.481 e. The van der Waals surface area contributed by atoms with Crippen molar-refractivity contribution in [1.29, 1.82) is 0 Å². The Bertz CT molecular complexity index is 1280. The average molecular weight is 545 g/mol. The molecule has 0 bridgehead atoms. The average Bonchev–Trinajstić information content (AvgIpc) is 3.27. The summed E-state index contributed by atoms with van der Waals surface area (Å²) in [5, 5.41) is 11.9. The molecule has 0 saturated heterocycles. The molecule has 2 atom stereocenters. The minimum absolute atomic E-state index is 0.0140. The first-order valence-electron chi connectivity index (χ1n) is 13.6. The molecule has 8 heteroatoms. The topological polar surface area (TPSA) is 105 Å². The van der Waals surface area contributed by atoms with Gasteiger partial charge in [-0.3, -0.25) is 9.59 Å². The number of rotatable bonds is 12. The molecule has 3 aromatic rings. The molecule has 2 unspecified atom stereocenters. The van der Waals surface area contributed by atoms with E-state index in [2.05, 4.69) is 17.4 Å². The quantitative estimate of drug-likeness (QED) is 0.324. The molecule has 40 heavy (non-hydrogen) atoms. The van der Waals surface area contributed by atoms with Gasteiger partial charge in [0.05, 0.1) is 19.1 Å². The van der Waals surface area contributed by atoms with Crippen LogP contribution in [0.2, 0.25) is 0 Å². The van der Waals surface area contributed by atoms with E-state index < -0.39 is 30.1 Å². The number of nitrogens with one attached hydrogen (secondary N) is 1. The Hall–Kier alpha value is -4.17. The second-order valence-electron chi connectivity index (χ2n) is 10.2. The molecule has 3 aromatic carbocycles. The predicted molar refractivity (Wildman–Crippen MR) is 152 cm³/mol. The minimum atomic E-state index is -1.07. The van der Waals surface area contributed by atoms with E-state index in [1.54, 1.807) is 20.8 Å². The lowest BCUT2D eigenvalue weighted by atomic mass is 9.98. The van der Waals surface area contributed by atoms with Gasteiger partial charge >= 0.3 is 12.1 Å². The molecule has 2 amide bonds. The molecular formula is C32H36N2O6. The van der Waals surface area contributed by atoms with Crippen LogP contribution in [0.5, 0.6) is 0 Å². The van der Waals surface area contributed by atoms with Gasteiger partial charge in [0, 0.05) is 18.5 Å². The lowest BCUT2D eigenvalue weighted by molar-refractivity contribution is -0.142. The van der Waals surface area contributed by atoms with E-state index in [0.29, 0.717) is 0 Å². The molecule has 0 aliphatic heterocycles. The summed E-state index contributed by atoms with van der Waals surface area (Å²) in [6, 6.07) is 24.3. The van der Waals surface area contributed by atoms with Gasteiger partial charge in [0.15, 0.2) is 0 Å². The second kappa shape index (κ2) is 13.3. The third-order valence-corrected chi connectivity index (χ3v) is 7.18. The molecule has 8 nitrogen and oxygen atoms in total. The van der Waals surface area contributed by atoms with Crippen molar-refractivity contribution in [2.24, 2.45) is 0 Å². The van der Waals surface area contributed by atoms with Crippen LogP contribution in [-0.4, -0.2) is 59.3 Å². The van der Waals surface area contributed by atoms with E-state index in [0.717, 1.165) is 27.8 Å². The Balaban J connectivity index is 1.48. The fourth-order valence-electron chi connectivity index (χ4n) is 5.06. The lowest BCUT2D eigenvalue weighted by Gasteiger charge is -2.33. The van der Waals surface area contributed by atoms with E-state index in [1.165, 1.54) is 4.90 Å². The van der Waals surface area contributed by atoms with Crippen LogP contribution in [0.4, 0.5) is 4.79 Å². The Labute approximate surface area is 234 Å². The normalized spacial score (nSPS) is 13.7. The molecule has 0 aromatic heterocycles. The molecule has 0 radical (unpaired) electrons. The van der Waals surface area contributed by atoms with E-state index >= 15 is 0 Å². The number of hydrogen-bond donors (Lipinski definition) is 2. The predicted octanol–water partition coefficient (Wildman–Crippen LogP) is 5.21. The van der Waals surface area contributed by atoms with Gasteiger partial charge in [0.1, 0.15) is 12.6 Å². The zero-order chi connectivity index (χ0) is 28.6. The molecule has 1 aliphatic rings. The van der Waals surface area contributed by atoms with Crippen LogP contribution >= 0.6 is 0 Å². The maximum absolute atomic E-state index is 13.7. The summed E-state index contributed by atoms with van der Waals surface area (Å²) in [6.07, 6.45) is -1.66. The Morgan fingerprint density at radius 3 is 2.02 bits per heavy atom. The summed E-state index contributed by atoms with van der Waals surface area (Å²) in [5.74, 6) is -1.56. The molecule has 0 saturated carbocycles. The van der Waals surface area contributed by atoms with Gasteiger partial charge in [-0.25, -0.2) is 4.79 Å². The van der Waals surface area contributed by atoms with Crippen molar-refractivity contribution >= 4 is 18.0 Å². The van der Waals surface area contributed by atoms with Crippen molar-refractivity contribution in [3.05, 3.63) is 95.6 Å². The number of amides is 2. The number of carbonyl (C=O) groups is 3. The van der Waals surface area contributed by atoms with E-state index in [4.69, 9.17) is 9.47 Å². The van der Waals surface area contributed by atoms with Crippen molar-refractivity contribution < 1.29 is 29.0 Å². The van der Waals surface area contributed by atoms with Gasteiger partial charge in [-0.2, -0.15) is 0 Å². The molecule has 210 valence electrons. The number of carboxylic acid groups (broad SMARTS) is 1. The number of carboxylic acids is 1. The fraction of sp³-hybridized carbons (Fsp3) is 0.344. The van der Waals surface area contributed by atoms with Crippen molar-refractivity contribution in [3.63, 3.8) is 0 Å². The van der Waals surface area contributed by atoms with Crippen LogP contribution in [0, 0.1) is 0 Å². The highest BCUT2D eigenvalue weighted by Crippen LogP contribution is 2.44. The zero-order valence-corrected chi connectivity index (χ0v) is 23.1. The van der Waals surface area contributed by atoms with E-state index in [9.17, 15) is 19.5 Å². The molecule has 0 fully saturated rings. The number of fused-ring (bicyclic) bond motifs is 3. The summed E-state index contributed by atoms with van der Waals surface area (Å²) < 4.78 is 11.7. The summed E-state index contributed by atoms with van der Waals surface area (Å²) in [4.78, 5) is 39.5. The fourth-order valence-corrected chi connectivity index (χ4v) is 5.06. The number of nitrogens with zero attached hydrogens (tertiary/aromatic N) is 1. The first-order valence-corrected chi connectivity index (χ1v) is 13.6.